The molecular weight excluding hydrogens is 542 g/mol. The quantitative estimate of drug-likeness (QED) is 0.106. The third-order valence-electron chi connectivity index (χ3n) is 6.91. The number of carbonyl (C=O) groups excluding carboxylic acids is 2. The first-order chi connectivity index (χ1) is 21.5. The molecule has 0 bridgehead atoms. The molecule has 0 aliphatic rings. The van der Waals surface area contributed by atoms with Crippen molar-refractivity contribution in [1.82, 2.24) is 10.6 Å². The summed E-state index contributed by atoms with van der Waals surface area (Å²) >= 11 is 0. The van der Waals surface area contributed by atoms with Crippen LogP contribution in [0.2, 0.25) is 0 Å². The number of allylic oxidation sites excluding steroid dienone is 12. The average Bonchev–Trinajstić information content (AvgIpc) is 3.03. The molecule has 0 heterocycles. The Morgan fingerprint density at radius 1 is 0.614 bits per heavy atom. The third kappa shape index (κ3) is 15.7. The molecule has 0 unspecified atom stereocenters. The predicted octanol–water partition coefficient (Wildman–Crippen LogP) is 9.37. The average molecular weight is 594 g/mol. The molecule has 234 valence electrons. The van der Waals surface area contributed by atoms with Crippen LogP contribution in [0.5, 0.6) is 0 Å². The monoisotopic (exact) mass is 593 g/mol. The van der Waals surface area contributed by atoms with Gasteiger partial charge in [-0.15, -0.1) is 0 Å². The van der Waals surface area contributed by atoms with Gasteiger partial charge in [-0.2, -0.15) is 0 Å². The minimum atomic E-state index is -0.175. The summed E-state index contributed by atoms with van der Waals surface area (Å²) in [5, 5.41) is 9.18. The molecule has 0 radical (unpaired) electrons. The van der Waals surface area contributed by atoms with E-state index in [1.54, 1.807) is 6.07 Å². The maximum Gasteiger partial charge on any atom is 0.253 e. The lowest BCUT2D eigenvalue weighted by Crippen LogP contribution is -2.34. The van der Waals surface area contributed by atoms with E-state index in [0.717, 1.165) is 55.5 Å². The molecule has 0 aliphatic heterocycles. The number of anilines is 2. The van der Waals surface area contributed by atoms with Crippen LogP contribution in [-0.2, 0) is 4.79 Å². The highest BCUT2D eigenvalue weighted by Gasteiger charge is 2.12. The minimum Gasteiger partial charge on any atom is -0.355 e. The van der Waals surface area contributed by atoms with Gasteiger partial charge in [-0.1, -0.05) is 104 Å². The van der Waals surface area contributed by atoms with Crippen molar-refractivity contribution in [3.63, 3.8) is 0 Å². The van der Waals surface area contributed by atoms with Crippen molar-refractivity contribution in [2.75, 3.05) is 18.4 Å². The van der Waals surface area contributed by atoms with Gasteiger partial charge in [0.25, 0.3) is 5.91 Å². The molecule has 0 saturated carbocycles. The summed E-state index contributed by atoms with van der Waals surface area (Å²) in [6.45, 7) is 7.03. The number of aryl methyl sites for hydroxylation is 1. The Morgan fingerprint density at radius 3 is 1.75 bits per heavy atom. The summed E-state index contributed by atoms with van der Waals surface area (Å²) in [5.41, 5.74) is 4.63. The second-order valence-electron chi connectivity index (χ2n) is 10.5. The second kappa shape index (κ2) is 23.1. The number of benzene rings is 2. The smallest absolute Gasteiger partial charge is 0.253 e. The zero-order chi connectivity index (χ0) is 31.7. The molecule has 0 atom stereocenters. The molecule has 5 heteroatoms. The van der Waals surface area contributed by atoms with Gasteiger partial charge < -0.3 is 16.0 Å². The highest BCUT2D eigenvalue weighted by Crippen LogP contribution is 2.25. The first-order valence-electron chi connectivity index (χ1n) is 15.9. The summed E-state index contributed by atoms with van der Waals surface area (Å²) < 4.78 is 0. The van der Waals surface area contributed by atoms with Crippen molar-refractivity contribution >= 4 is 23.2 Å². The molecule has 0 spiro atoms. The molecular formula is C39H51N3O2. The summed E-state index contributed by atoms with van der Waals surface area (Å²) in [6, 6.07) is 13.5. The standard InChI is InChI=1S/C39H51N3O2/c1-4-5-6-7-8-9-10-11-12-13-14-15-16-17-18-19-20-21-22-30-38(43)40-31-32-41-39(44)35-27-23-24-28-37(35)42-36-29-25-26-33(2)34(36)3/h5-6,8-9,11-12,14-15,17-18,20-21,23-29,42H,4,7,10,13,16,19,22,30-32H2,1-3H3,(H,40,43)(H,41,44). The van der Waals surface area contributed by atoms with Gasteiger partial charge in [0.1, 0.15) is 0 Å². The summed E-state index contributed by atoms with van der Waals surface area (Å²) in [6.07, 6.45) is 33.0. The molecule has 0 aromatic heterocycles. The van der Waals surface area contributed by atoms with Gasteiger partial charge >= 0.3 is 0 Å². The highest BCUT2D eigenvalue weighted by molar-refractivity contribution is 6.00. The SMILES string of the molecule is CCC=CCC=CCC=CCC=CCC=CCC=CCCC(=O)NCCNC(=O)c1ccccc1Nc1cccc(C)c1C. The van der Waals surface area contributed by atoms with E-state index in [1.807, 2.05) is 36.4 Å². The Labute approximate surface area is 265 Å². The van der Waals surface area contributed by atoms with Crippen LogP contribution in [0.15, 0.2) is 115 Å². The Kier molecular flexibility index (Phi) is 18.8. The van der Waals surface area contributed by atoms with Crippen LogP contribution in [-0.4, -0.2) is 24.9 Å². The lowest BCUT2D eigenvalue weighted by atomic mass is 10.1. The van der Waals surface area contributed by atoms with Gasteiger partial charge in [-0.3, -0.25) is 9.59 Å². The van der Waals surface area contributed by atoms with Gasteiger partial charge in [0.15, 0.2) is 0 Å². The number of hydrogen-bond acceptors (Lipinski definition) is 3. The van der Waals surface area contributed by atoms with Crippen molar-refractivity contribution < 1.29 is 9.59 Å². The van der Waals surface area contributed by atoms with E-state index < -0.39 is 0 Å². The molecule has 2 aromatic rings. The van der Waals surface area contributed by atoms with E-state index in [4.69, 9.17) is 0 Å². The first-order valence-corrected chi connectivity index (χ1v) is 15.9. The Bertz CT molecular complexity index is 1310. The van der Waals surface area contributed by atoms with E-state index in [9.17, 15) is 9.59 Å². The number of hydrogen-bond donors (Lipinski definition) is 3. The van der Waals surface area contributed by atoms with Gasteiger partial charge in [0.05, 0.1) is 11.3 Å². The van der Waals surface area contributed by atoms with Crippen LogP contribution in [0.3, 0.4) is 0 Å². The molecule has 0 aliphatic carbocycles. The fourth-order valence-corrected chi connectivity index (χ4v) is 4.24. The van der Waals surface area contributed by atoms with Gasteiger partial charge in [0.2, 0.25) is 5.91 Å². The van der Waals surface area contributed by atoms with Gasteiger partial charge in [-0.25, -0.2) is 0 Å². The molecule has 0 fully saturated rings. The minimum absolute atomic E-state index is 0.0178. The molecule has 2 amide bonds. The summed E-state index contributed by atoms with van der Waals surface area (Å²) in [7, 11) is 0. The van der Waals surface area contributed by atoms with Crippen molar-refractivity contribution in [2.24, 2.45) is 0 Å². The van der Waals surface area contributed by atoms with Crippen LogP contribution < -0.4 is 16.0 Å². The molecule has 2 rings (SSSR count). The number of carbonyl (C=O) groups is 2. The Morgan fingerprint density at radius 2 is 1.14 bits per heavy atom. The zero-order valence-electron chi connectivity index (χ0n) is 26.9. The van der Waals surface area contributed by atoms with E-state index in [-0.39, 0.29) is 11.8 Å². The molecule has 0 saturated heterocycles. The fourth-order valence-electron chi connectivity index (χ4n) is 4.24. The lowest BCUT2D eigenvalue weighted by Gasteiger charge is -2.15. The maximum absolute atomic E-state index is 12.8. The van der Waals surface area contributed by atoms with E-state index in [1.165, 1.54) is 5.56 Å². The maximum atomic E-state index is 12.8. The third-order valence-corrected chi connectivity index (χ3v) is 6.91. The summed E-state index contributed by atoms with van der Waals surface area (Å²) in [5.74, 6) is -0.193. The highest BCUT2D eigenvalue weighted by atomic mass is 16.2. The van der Waals surface area contributed by atoms with Crippen LogP contribution in [0.4, 0.5) is 11.4 Å². The largest absolute Gasteiger partial charge is 0.355 e. The van der Waals surface area contributed by atoms with Crippen LogP contribution in [0.1, 0.15) is 79.8 Å². The molecule has 5 nitrogen and oxygen atoms in total. The van der Waals surface area contributed by atoms with Crippen LogP contribution in [0, 0.1) is 13.8 Å². The molecule has 44 heavy (non-hydrogen) atoms. The number of amides is 2. The molecule has 2 aromatic carbocycles. The number of rotatable bonds is 20. The lowest BCUT2D eigenvalue weighted by molar-refractivity contribution is -0.120. The Balaban J connectivity index is 1.54. The Hall–Kier alpha value is -4.38. The van der Waals surface area contributed by atoms with Crippen molar-refractivity contribution in [2.45, 2.75) is 72.1 Å². The fraction of sp³-hybridized carbons (Fsp3) is 0.333. The van der Waals surface area contributed by atoms with Crippen molar-refractivity contribution in [3.05, 3.63) is 132 Å². The van der Waals surface area contributed by atoms with Gasteiger partial charge in [0, 0.05) is 25.2 Å². The van der Waals surface area contributed by atoms with Crippen molar-refractivity contribution in [1.29, 1.82) is 0 Å². The van der Waals surface area contributed by atoms with Crippen LogP contribution in [0.25, 0.3) is 0 Å². The zero-order valence-corrected chi connectivity index (χ0v) is 26.9. The summed E-state index contributed by atoms with van der Waals surface area (Å²) in [4.78, 5) is 25.0. The van der Waals surface area contributed by atoms with E-state index in [0.29, 0.717) is 31.5 Å². The van der Waals surface area contributed by atoms with E-state index in [2.05, 4.69) is 110 Å². The van der Waals surface area contributed by atoms with Crippen LogP contribution >= 0.6 is 0 Å². The number of nitrogens with one attached hydrogen (secondary N) is 3. The normalized spacial score (nSPS) is 12.1. The second-order valence-corrected chi connectivity index (χ2v) is 10.5. The number of para-hydroxylation sites is 1. The predicted molar refractivity (Wildman–Crippen MR) is 188 cm³/mol. The molecule has 3 N–H and O–H groups in total. The van der Waals surface area contributed by atoms with Crippen molar-refractivity contribution in [3.8, 4) is 0 Å². The first kappa shape index (κ1) is 35.8. The topological polar surface area (TPSA) is 70.2 Å². The van der Waals surface area contributed by atoms with E-state index >= 15 is 0 Å². The van der Waals surface area contributed by atoms with Gasteiger partial charge in [-0.05, 0) is 88.1 Å².